The standard InChI is InChI=1S/C21H18F2N6OS/c1-2-11-27-18(30)13-7-3-5-9-15(13)29-20(27)25-26-21(29)31-12-17-24-14-8-4-6-10-16(14)28(17)19(22)23/h3-10,19H,2,11-12H2,1H3. The summed E-state index contributed by atoms with van der Waals surface area (Å²) < 4.78 is 31.8. The zero-order valence-corrected chi connectivity index (χ0v) is 17.4. The molecule has 0 aliphatic rings. The Morgan fingerprint density at radius 3 is 2.55 bits per heavy atom. The molecule has 2 aromatic carbocycles. The number of imidazole rings is 1. The molecule has 7 nitrogen and oxygen atoms in total. The molecule has 10 heteroatoms. The zero-order chi connectivity index (χ0) is 21.5. The second kappa shape index (κ2) is 7.77. The molecular formula is C21H18F2N6OS. The number of hydrogen-bond donors (Lipinski definition) is 0. The number of para-hydroxylation sites is 3. The first-order valence-electron chi connectivity index (χ1n) is 9.83. The molecule has 0 spiro atoms. The summed E-state index contributed by atoms with van der Waals surface area (Å²) in [6.45, 7) is -0.204. The van der Waals surface area contributed by atoms with Gasteiger partial charge in [0.2, 0.25) is 5.78 Å². The first-order chi connectivity index (χ1) is 15.1. The van der Waals surface area contributed by atoms with Crippen LogP contribution in [0.3, 0.4) is 0 Å². The van der Waals surface area contributed by atoms with E-state index in [-0.39, 0.29) is 17.1 Å². The number of nitrogens with zero attached hydrogens (tertiary/aromatic N) is 6. The van der Waals surface area contributed by atoms with Crippen molar-refractivity contribution in [1.29, 1.82) is 0 Å². The molecular weight excluding hydrogens is 422 g/mol. The molecule has 0 radical (unpaired) electrons. The van der Waals surface area contributed by atoms with Crippen LogP contribution in [0.15, 0.2) is 58.5 Å². The number of aromatic nitrogens is 6. The van der Waals surface area contributed by atoms with Gasteiger partial charge in [0.25, 0.3) is 5.56 Å². The smallest absolute Gasteiger partial charge is 0.276 e. The average Bonchev–Trinajstić information content (AvgIpc) is 3.36. The summed E-state index contributed by atoms with van der Waals surface area (Å²) in [6.07, 6.45) is 0.766. The van der Waals surface area contributed by atoms with Crippen LogP contribution in [-0.2, 0) is 12.3 Å². The van der Waals surface area contributed by atoms with Gasteiger partial charge in [0.15, 0.2) is 5.16 Å². The number of alkyl halides is 2. The Labute approximate surface area is 179 Å². The summed E-state index contributed by atoms with van der Waals surface area (Å²) in [7, 11) is 0. The lowest BCUT2D eigenvalue weighted by Gasteiger charge is -2.10. The van der Waals surface area contributed by atoms with E-state index in [4.69, 9.17) is 0 Å². The van der Waals surface area contributed by atoms with Crippen LogP contribution >= 0.6 is 11.8 Å². The molecule has 5 rings (SSSR count). The van der Waals surface area contributed by atoms with Gasteiger partial charge in [0.1, 0.15) is 5.82 Å². The third kappa shape index (κ3) is 3.18. The van der Waals surface area contributed by atoms with E-state index in [1.54, 1.807) is 34.9 Å². The fourth-order valence-electron chi connectivity index (χ4n) is 3.80. The molecule has 3 aromatic heterocycles. The Kier molecular flexibility index (Phi) is 4.93. The molecule has 0 N–H and O–H groups in total. The largest absolute Gasteiger partial charge is 0.320 e. The third-order valence-electron chi connectivity index (χ3n) is 5.12. The topological polar surface area (TPSA) is 70.0 Å². The minimum atomic E-state index is -2.70. The molecule has 0 unspecified atom stereocenters. The SMILES string of the molecule is CCCn1c(=O)c2ccccc2n2c(SCc3nc4ccccc4n3C(F)F)nnc12. The summed E-state index contributed by atoms with van der Waals surface area (Å²) in [4.78, 5) is 17.3. The highest BCUT2D eigenvalue weighted by molar-refractivity contribution is 7.98. The molecule has 0 saturated heterocycles. The number of aryl methyl sites for hydroxylation is 1. The fraction of sp³-hybridized carbons (Fsp3) is 0.238. The van der Waals surface area contributed by atoms with E-state index in [1.165, 1.54) is 11.8 Å². The number of fused-ring (bicyclic) bond motifs is 4. The molecule has 0 aliphatic carbocycles. The van der Waals surface area contributed by atoms with Crippen LogP contribution in [0.2, 0.25) is 0 Å². The minimum Gasteiger partial charge on any atom is -0.276 e. The third-order valence-corrected chi connectivity index (χ3v) is 6.04. The monoisotopic (exact) mass is 440 g/mol. The van der Waals surface area contributed by atoms with Crippen molar-refractivity contribution < 1.29 is 8.78 Å². The van der Waals surface area contributed by atoms with Crippen molar-refractivity contribution in [2.45, 2.75) is 37.3 Å². The normalized spacial score (nSPS) is 12.0. The van der Waals surface area contributed by atoms with Gasteiger partial charge in [-0.3, -0.25) is 18.3 Å². The Morgan fingerprint density at radius 2 is 1.77 bits per heavy atom. The Morgan fingerprint density at radius 1 is 1.03 bits per heavy atom. The predicted molar refractivity (Wildman–Crippen MR) is 116 cm³/mol. The van der Waals surface area contributed by atoms with Crippen molar-refractivity contribution in [3.63, 3.8) is 0 Å². The van der Waals surface area contributed by atoms with E-state index in [2.05, 4.69) is 15.2 Å². The number of benzene rings is 2. The first kappa shape index (κ1) is 19.7. The van der Waals surface area contributed by atoms with E-state index in [0.717, 1.165) is 11.0 Å². The Hall–Kier alpha value is -3.27. The Bertz CT molecular complexity index is 1470. The molecule has 0 fully saturated rings. The van der Waals surface area contributed by atoms with Crippen molar-refractivity contribution in [2.24, 2.45) is 0 Å². The molecule has 0 aliphatic heterocycles. The van der Waals surface area contributed by atoms with Gasteiger partial charge in [-0.05, 0) is 30.7 Å². The van der Waals surface area contributed by atoms with E-state index in [9.17, 15) is 13.6 Å². The molecule has 31 heavy (non-hydrogen) atoms. The van der Waals surface area contributed by atoms with Crippen molar-refractivity contribution in [2.75, 3.05) is 0 Å². The average molecular weight is 440 g/mol. The Balaban J connectivity index is 1.62. The van der Waals surface area contributed by atoms with E-state index in [1.807, 2.05) is 29.5 Å². The lowest BCUT2D eigenvalue weighted by Crippen LogP contribution is -2.23. The van der Waals surface area contributed by atoms with Crippen LogP contribution in [0.25, 0.3) is 27.7 Å². The molecule has 0 atom stereocenters. The van der Waals surface area contributed by atoms with Gasteiger partial charge in [0, 0.05) is 6.54 Å². The predicted octanol–water partition coefficient (Wildman–Crippen LogP) is 4.49. The second-order valence-corrected chi connectivity index (χ2v) is 7.99. The van der Waals surface area contributed by atoms with Gasteiger partial charge in [-0.2, -0.15) is 8.78 Å². The van der Waals surface area contributed by atoms with Crippen LogP contribution in [0.5, 0.6) is 0 Å². The minimum absolute atomic E-state index is 0.117. The zero-order valence-electron chi connectivity index (χ0n) is 16.6. The second-order valence-electron chi connectivity index (χ2n) is 7.05. The molecule has 0 saturated carbocycles. The summed E-state index contributed by atoms with van der Waals surface area (Å²) in [5.41, 5.74) is 1.48. The quantitative estimate of drug-likeness (QED) is 0.364. The summed E-state index contributed by atoms with van der Waals surface area (Å²) in [6, 6.07) is 14.1. The maximum atomic E-state index is 13.7. The van der Waals surface area contributed by atoms with Crippen molar-refractivity contribution in [3.8, 4) is 0 Å². The number of halogens is 2. The lowest BCUT2D eigenvalue weighted by molar-refractivity contribution is 0.0722. The van der Waals surface area contributed by atoms with Gasteiger partial charge in [-0.15, -0.1) is 10.2 Å². The highest BCUT2D eigenvalue weighted by Gasteiger charge is 2.20. The molecule has 0 bridgehead atoms. The van der Waals surface area contributed by atoms with Crippen LogP contribution in [0.4, 0.5) is 8.78 Å². The van der Waals surface area contributed by atoms with Crippen LogP contribution < -0.4 is 5.56 Å². The number of hydrogen-bond acceptors (Lipinski definition) is 5. The molecule has 0 amide bonds. The summed E-state index contributed by atoms with van der Waals surface area (Å²) in [5, 5.41) is 9.58. The molecule has 5 aromatic rings. The van der Waals surface area contributed by atoms with Crippen molar-refractivity contribution >= 4 is 39.5 Å². The van der Waals surface area contributed by atoms with Gasteiger partial charge < -0.3 is 0 Å². The maximum absolute atomic E-state index is 13.7. The summed E-state index contributed by atoms with van der Waals surface area (Å²) in [5.74, 6) is 0.876. The highest BCUT2D eigenvalue weighted by atomic mass is 32.2. The van der Waals surface area contributed by atoms with Gasteiger partial charge in [-0.25, -0.2) is 4.98 Å². The van der Waals surface area contributed by atoms with E-state index >= 15 is 0 Å². The molecule has 3 heterocycles. The van der Waals surface area contributed by atoms with Crippen molar-refractivity contribution in [1.82, 2.24) is 28.7 Å². The van der Waals surface area contributed by atoms with E-state index in [0.29, 0.717) is 39.4 Å². The van der Waals surface area contributed by atoms with Crippen LogP contribution in [-0.4, -0.2) is 28.7 Å². The van der Waals surface area contributed by atoms with Crippen LogP contribution in [0.1, 0.15) is 25.7 Å². The highest BCUT2D eigenvalue weighted by Crippen LogP contribution is 2.29. The van der Waals surface area contributed by atoms with Crippen LogP contribution in [0, 0.1) is 0 Å². The number of thioether (sulfide) groups is 1. The van der Waals surface area contributed by atoms with Crippen molar-refractivity contribution in [3.05, 3.63) is 64.7 Å². The van der Waals surface area contributed by atoms with Gasteiger partial charge in [0.05, 0.1) is 27.7 Å². The summed E-state index contributed by atoms with van der Waals surface area (Å²) >= 11 is 1.26. The first-order valence-corrected chi connectivity index (χ1v) is 10.8. The number of rotatable bonds is 6. The fourth-order valence-corrected chi connectivity index (χ4v) is 4.66. The molecule has 158 valence electrons. The lowest BCUT2D eigenvalue weighted by atomic mass is 10.2. The van der Waals surface area contributed by atoms with Gasteiger partial charge in [-0.1, -0.05) is 43.0 Å². The maximum Gasteiger partial charge on any atom is 0.320 e. The van der Waals surface area contributed by atoms with Gasteiger partial charge >= 0.3 is 6.55 Å². The van der Waals surface area contributed by atoms with E-state index < -0.39 is 6.55 Å².